The Morgan fingerprint density at radius 3 is 2.96 bits per heavy atom. The molecule has 4 atom stereocenters. The van der Waals surface area contributed by atoms with Crippen LogP contribution >= 0.6 is 0 Å². The van der Waals surface area contributed by atoms with Gasteiger partial charge in [-0.25, -0.2) is 4.90 Å². The van der Waals surface area contributed by atoms with Gasteiger partial charge in [0.1, 0.15) is 12.2 Å². The lowest BCUT2D eigenvalue weighted by atomic mass is 9.77. The summed E-state index contributed by atoms with van der Waals surface area (Å²) in [5, 5.41) is 0. The highest BCUT2D eigenvalue weighted by molar-refractivity contribution is 6.23. The molecule has 0 aromatic carbocycles. The van der Waals surface area contributed by atoms with Crippen LogP contribution in [-0.2, 0) is 23.9 Å². The lowest BCUT2D eigenvalue weighted by Gasteiger charge is -2.28. The van der Waals surface area contributed by atoms with Crippen LogP contribution in [0.3, 0.4) is 0 Å². The van der Waals surface area contributed by atoms with E-state index in [0.29, 0.717) is 5.69 Å². The molecule has 3 aliphatic rings. The number of carbonyl (C=O) groups excluding carboxylic acids is 3. The molecule has 7 nitrogen and oxygen atoms in total. The van der Waals surface area contributed by atoms with Crippen molar-refractivity contribution in [1.82, 2.24) is 4.98 Å². The predicted octanol–water partition coefficient (Wildman–Crippen LogP) is 0.458. The van der Waals surface area contributed by atoms with E-state index >= 15 is 0 Å². The number of ether oxygens (including phenoxy) is 2. The molecule has 1 aromatic rings. The van der Waals surface area contributed by atoms with Crippen molar-refractivity contribution in [3.05, 3.63) is 36.7 Å². The van der Waals surface area contributed by atoms with Gasteiger partial charge in [-0.15, -0.1) is 0 Å². The van der Waals surface area contributed by atoms with Gasteiger partial charge in [0, 0.05) is 13.1 Å². The first-order valence-corrected chi connectivity index (χ1v) is 7.32. The maximum absolute atomic E-state index is 12.9. The second-order valence-electron chi connectivity index (χ2n) is 5.90. The SMILES string of the molecule is CC(=O)OC[C@@]12C=C[C@@H](O1)[C@H]1C(=O)N(c3cccnc3)C(=O)[C@H]12. The second-order valence-corrected chi connectivity index (χ2v) is 5.90. The summed E-state index contributed by atoms with van der Waals surface area (Å²) >= 11 is 0. The summed E-state index contributed by atoms with van der Waals surface area (Å²) in [5.74, 6) is -2.35. The molecule has 0 unspecified atom stereocenters. The molecule has 1 aromatic heterocycles. The molecule has 2 bridgehead atoms. The number of hydrogen-bond acceptors (Lipinski definition) is 6. The molecule has 2 saturated heterocycles. The van der Waals surface area contributed by atoms with Crippen molar-refractivity contribution in [2.24, 2.45) is 11.8 Å². The van der Waals surface area contributed by atoms with Gasteiger partial charge in [-0.3, -0.25) is 19.4 Å². The molecular weight excluding hydrogens is 300 g/mol. The first-order chi connectivity index (χ1) is 11.0. The number of nitrogens with zero attached hydrogens (tertiary/aromatic N) is 2. The van der Waals surface area contributed by atoms with Crippen molar-refractivity contribution in [3.8, 4) is 0 Å². The highest BCUT2D eigenvalue weighted by Gasteiger charge is 2.68. The average Bonchev–Trinajstić information content (AvgIpc) is 3.17. The normalized spacial score (nSPS) is 34.1. The van der Waals surface area contributed by atoms with Crippen LogP contribution in [0.15, 0.2) is 36.7 Å². The third-order valence-electron chi connectivity index (χ3n) is 4.56. The van der Waals surface area contributed by atoms with E-state index in [0.717, 1.165) is 4.90 Å². The molecule has 2 amide bonds. The van der Waals surface area contributed by atoms with E-state index in [1.807, 2.05) is 0 Å². The number of hydrogen-bond donors (Lipinski definition) is 0. The van der Waals surface area contributed by atoms with Crippen molar-refractivity contribution < 1.29 is 23.9 Å². The zero-order chi connectivity index (χ0) is 16.2. The number of rotatable bonds is 3. The lowest BCUT2D eigenvalue weighted by molar-refractivity contribution is -0.150. The van der Waals surface area contributed by atoms with Gasteiger partial charge in [-0.2, -0.15) is 0 Å². The number of carbonyl (C=O) groups is 3. The summed E-state index contributed by atoms with van der Waals surface area (Å²) in [4.78, 5) is 41.8. The third kappa shape index (κ3) is 1.86. The summed E-state index contributed by atoms with van der Waals surface area (Å²) in [5.41, 5.74) is -0.607. The number of fused-ring (bicyclic) bond motifs is 5. The third-order valence-corrected chi connectivity index (χ3v) is 4.56. The van der Waals surface area contributed by atoms with Crippen LogP contribution < -0.4 is 4.90 Å². The van der Waals surface area contributed by atoms with Gasteiger partial charge in [-0.1, -0.05) is 6.08 Å². The highest BCUT2D eigenvalue weighted by atomic mass is 16.6. The minimum atomic E-state index is -1.05. The summed E-state index contributed by atoms with van der Waals surface area (Å²) in [7, 11) is 0. The van der Waals surface area contributed by atoms with Crippen molar-refractivity contribution in [1.29, 1.82) is 0 Å². The molecule has 7 heteroatoms. The first kappa shape index (κ1) is 14.1. The van der Waals surface area contributed by atoms with Gasteiger partial charge in [0.25, 0.3) is 0 Å². The molecule has 3 aliphatic heterocycles. The van der Waals surface area contributed by atoms with Crippen LogP contribution in [0.25, 0.3) is 0 Å². The van der Waals surface area contributed by atoms with Crippen molar-refractivity contribution in [3.63, 3.8) is 0 Å². The fourth-order valence-corrected chi connectivity index (χ4v) is 3.62. The van der Waals surface area contributed by atoms with E-state index in [1.165, 1.54) is 13.1 Å². The Balaban J connectivity index is 1.70. The van der Waals surface area contributed by atoms with E-state index in [-0.39, 0.29) is 18.4 Å². The number of aromatic nitrogens is 1. The zero-order valence-corrected chi connectivity index (χ0v) is 12.3. The molecule has 23 heavy (non-hydrogen) atoms. The summed E-state index contributed by atoms with van der Waals surface area (Å²) < 4.78 is 10.9. The molecule has 4 heterocycles. The monoisotopic (exact) mass is 314 g/mol. The van der Waals surface area contributed by atoms with Gasteiger partial charge < -0.3 is 9.47 Å². The largest absolute Gasteiger partial charge is 0.462 e. The standard InChI is InChI=1S/C16H14N2O5/c1-9(19)22-8-16-5-4-11(23-16)12-13(16)15(21)18(14(12)20)10-3-2-6-17-7-10/h2-7,11-13H,8H2,1H3/t11-,12-,13+,16-/m1/s1. The topological polar surface area (TPSA) is 85.8 Å². The molecule has 0 aliphatic carbocycles. The first-order valence-electron chi connectivity index (χ1n) is 7.32. The molecule has 4 rings (SSSR count). The fraction of sp³-hybridized carbons (Fsp3) is 0.375. The summed E-state index contributed by atoms with van der Waals surface area (Å²) in [6, 6.07) is 3.33. The highest BCUT2D eigenvalue weighted by Crippen LogP contribution is 2.52. The molecule has 118 valence electrons. The number of imide groups is 1. The average molecular weight is 314 g/mol. The quantitative estimate of drug-likeness (QED) is 0.458. The lowest BCUT2D eigenvalue weighted by Crippen LogP contribution is -2.44. The maximum atomic E-state index is 12.9. The Hall–Kier alpha value is -2.54. The molecule has 0 N–H and O–H groups in total. The molecule has 2 fully saturated rings. The molecular formula is C16H14N2O5. The van der Waals surface area contributed by atoms with E-state index in [9.17, 15) is 14.4 Å². The Bertz CT molecular complexity index is 731. The van der Waals surface area contributed by atoms with Gasteiger partial charge in [-0.05, 0) is 18.2 Å². The van der Waals surface area contributed by atoms with Crippen molar-refractivity contribution >= 4 is 23.5 Å². The van der Waals surface area contributed by atoms with E-state index in [2.05, 4.69) is 4.98 Å². The van der Waals surface area contributed by atoms with Crippen LogP contribution in [0.4, 0.5) is 5.69 Å². The molecule has 0 radical (unpaired) electrons. The fourth-order valence-electron chi connectivity index (χ4n) is 3.62. The maximum Gasteiger partial charge on any atom is 0.302 e. The number of pyridine rings is 1. The van der Waals surface area contributed by atoms with Gasteiger partial charge in [0.2, 0.25) is 11.8 Å². The van der Waals surface area contributed by atoms with E-state index < -0.39 is 29.5 Å². The predicted molar refractivity (Wildman–Crippen MR) is 77.1 cm³/mol. The number of esters is 1. The molecule has 0 saturated carbocycles. The summed E-state index contributed by atoms with van der Waals surface area (Å²) in [6.07, 6.45) is 6.09. The smallest absolute Gasteiger partial charge is 0.302 e. The van der Waals surface area contributed by atoms with Crippen LogP contribution in [0.5, 0.6) is 0 Å². The van der Waals surface area contributed by atoms with Crippen LogP contribution in [0.1, 0.15) is 6.92 Å². The Kier molecular flexibility index (Phi) is 2.89. The second kappa shape index (κ2) is 4.73. The van der Waals surface area contributed by atoms with Crippen LogP contribution in [0, 0.1) is 11.8 Å². The minimum Gasteiger partial charge on any atom is -0.462 e. The van der Waals surface area contributed by atoms with E-state index in [4.69, 9.17) is 9.47 Å². The van der Waals surface area contributed by atoms with Gasteiger partial charge in [0.15, 0.2) is 0 Å². The van der Waals surface area contributed by atoms with Crippen LogP contribution in [0.2, 0.25) is 0 Å². The molecule has 0 spiro atoms. The van der Waals surface area contributed by atoms with Crippen LogP contribution in [-0.4, -0.2) is 41.1 Å². The minimum absolute atomic E-state index is 0.0730. The Morgan fingerprint density at radius 1 is 1.43 bits per heavy atom. The van der Waals surface area contributed by atoms with Crippen molar-refractivity contribution in [2.75, 3.05) is 11.5 Å². The van der Waals surface area contributed by atoms with Gasteiger partial charge in [0.05, 0.1) is 29.8 Å². The number of anilines is 1. The Labute approximate surface area is 131 Å². The number of amides is 2. The zero-order valence-electron chi connectivity index (χ0n) is 12.3. The van der Waals surface area contributed by atoms with E-state index in [1.54, 1.807) is 30.5 Å². The Morgan fingerprint density at radius 2 is 2.26 bits per heavy atom. The van der Waals surface area contributed by atoms with Crippen molar-refractivity contribution in [2.45, 2.75) is 18.6 Å². The van der Waals surface area contributed by atoms with Gasteiger partial charge >= 0.3 is 5.97 Å². The summed E-state index contributed by atoms with van der Waals surface area (Å²) in [6.45, 7) is 1.22.